The molecule has 0 aliphatic heterocycles. The number of hydrogen-bond donors (Lipinski definition) is 0. The molecular formula is C17H20ClFN2O5S2. The van der Waals surface area contributed by atoms with Crippen LogP contribution in [0.4, 0.5) is 10.1 Å². The van der Waals surface area contributed by atoms with Crippen molar-refractivity contribution < 1.29 is 26.0 Å². The highest BCUT2D eigenvalue weighted by Crippen LogP contribution is 2.25. The molecule has 0 atom stereocenters. The van der Waals surface area contributed by atoms with E-state index in [1.165, 1.54) is 50.5 Å². The third-order valence-electron chi connectivity index (χ3n) is 3.74. The molecular weight excluding hydrogens is 431 g/mol. The molecule has 0 bridgehead atoms. The Kier molecular flexibility index (Phi) is 6.92. The topological polar surface area (TPSA) is 84.0 Å². The van der Waals surface area contributed by atoms with E-state index in [1.54, 1.807) is 0 Å². The van der Waals surface area contributed by atoms with Gasteiger partial charge in [-0.15, -0.1) is 0 Å². The molecule has 0 unspecified atom stereocenters. The zero-order chi connectivity index (χ0) is 21.1. The van der Waals surface area contributed by atoms with Gasteiger partial charge in [-0.3, -0.25) is 4.31 Å². The fourth-order valence-electron chi connectivity index (χ4n) is 2.31. The molecule has 7 nitrogen and oxygen atoms in total. The minimum Gasteiger partial charge on any atom is -0.492 e. The van der Waals surface area contributed by atoms with Gasteiger partial charge in [-0.25, -0.2) is 25.5 Å². The standard InChI is InChI=1S/C17H20ClFN2O5S2/c1-20(2)28(24,25)15-7-5-14(6-8-15)26-11-10-21(27(3,22)23)17-9-4-13(18)12-16(17)19/h4-9,12H,10-11H2,1-3H3. The normalized spacial score (nSPS) is 12.2. The van der Waals surface area contributed by atoms with Gasteiger partial charge in [0, 0.05) is 19.1 Å². The molecule has 0 saturated heterocycles. The number of nitrogens with zero attached hydrogens (tertiary/aromatic N) is 2. The van der Waals surface area contributed by atoms with Gasteiger partial charge in [-0.1, -0.05) is 11.6 Å². The van der Waals surface area contributed by atoms with Crippen molar-refractivity contribution in [2.75, 3.05) is 37.8 Å². The highest BCUT2D eigenvalue weighted by atomic mass is 35.5. The van der Waals surface area contributed by atoms with Gasteiger partial charge in [0.1, 0.15) is 18.2 Å². The van der Waals surface area contributed by atoms with Crippen molar-refractivity contribution in [1.82, 2.24) is 4.31 Å². The van der Waals surface area contributed by atoms with Crippen LogP contribution in [-0.2, 0) is 20.0 Å². The maximum atomic E-state index is 14.1. The Labute approximate surface area is 169 Å². The van der Waals surface area contributed by atoms with Crippen LogP contribution in [0.25, 0.3) is 0 Å². The molecule has 0 fully saturated rings. The number of hydrogen-bond acceptors (Lipinski definition) is 5. The predicted octanol–water partition coefficient (Wildman–Crippen LogP) is 2.57. The SMILES string of the molecule is CN(C)S(=O)(=O)c1ccc(OCCN(c2ccc(Cl)cc2F)S(C)(=O)=O)cc1. The van der Waals surface area contributed by atoms with Crippen LogP contribution in [0.1, 0.15) is 0 Å². The summed E-state index contributed by atoms with van der Waals surface area (Å²) < 4.78 is 69.7. The van der Waals surface area contributed by atoms with Gasteiger partial charge >= 0.3 is 0 Å². The summed E-state index contributed by atoms with van der Waals surface area (Å²) in [5, 5.41) is 0.152. The number of benzene rings is 2. The van der Waals surface area contributed by atoms with Crippen LogP contribution in [0.3, 0.4) is 0 Å². The predicted molar refractivity (Wildman–Crippen MR) is 106 cm³/mol. The lowest BCUT2D eigenvalue weighted by atomic mass is 10.3. The molecule has 0 aliphatic carbocycles. The second-order valence-electron chi connectivity index (χ2n) is 6.04. The Morgan fingerprint density at radius 1 is 1.04 bits per heavy atom. The van der Waals surface area contributed by atoms with Crippen LogP contribution in [0.15, 0.2) is 47.4 Å². The lowest BCUT2D eigenvalue weighted by Gasteiger charge is -2.23. The highest BCUT2D eigenvalue weighted by molar-refractivity contribution is 7.92. The van der Waals surface area contributed by atoms with Crippen molar-refractivity contribution in [3.63, 3.8) is 0 Å². The summed E-state index contributed by atoms with van der Waals surface area (Å²) >= 11 is 5.71. The van der Waals surface area contributed by atoms with E-state index >= 15 is 0 Å². The van der Waals surface area contributed by atoms with Gasteiger partial charge in [-0.2, -0.15) is 0 Å². The van der Waals surface area contributed by atoms with E-state index < -0.39 is 25.9 Å². The maximum absolute atomic E-state index is 14.1. The van der Waals surface area contributed by atoms with Gasteiger partial charge in [0.25, 0.3) is 0 Å². The summed E-state index contributed by atoms with van der Waals surface area (Å²) in [4.78, 5) is 0.103. The highest BCUT2D eigenvalue weighted by Gasteiger charge is 2.21. The zero-order valence-corrected chi connectivity index (χ0v) is 17.9. The summed E-state index contributed by atoms with van der Waals surface area (Å²) in [5.41, 5.74) is -0.136. The quantitative estimate of drug-likeness (QED) is 0.617. The van der Waals surface area contributed by atoms with Gasteiger partial charge in [-0.05, 0) is 42.5 Å². The van der Waals surface area contributed by atoms with Gasteiger partial charge < -0.3 is 4.74 Å². The molecule has 0 amide bonds. The van der Waals surface area contributed by atoms with E-state index in [0.29, 0.717) is 5.75 Å². The summed E-state index contributed by atoms with van der Waals surface area (Å²) in [6, 6.07) is 9.40. The second kappa shape index (κ2) is 8.64. The van der Waals surface area contributed by atoms with E-state index in [2.05, 4.69) is 0 Å². The average molecular weight is 451 g/mol. The molecule has 0 aliphatic rings. The van der Waals surface area contributed by atoms with Crippen molar-refractivity contribution in [1.29, 1.82) is 0 Å². The molecule has 28 heavy (non-hydrogen) atoms. The van der Waals surface area contributed by atoms with Crippen molar-refractivity contribution in [2.45, 2.75) is 4.90 Å². The van der Waals surface area contributed by atoms with Crippen LogP contribution < -0.4 is 9.04 Å². The van der Waals surface area contributed by atoms with E-state index in [0.717, 1.165) is 20.9 Å². The van der Waals surface area contributed by atoms with E-state index in [-0.39, 0.29) is 28.8 Å². The third-order valence-corrected chi connectivity index (χ3v) is 6.99. The lowest BCUT2D eigenvalue weighted by molar-refractivity contribution is 0.328. The van der Waals surface area contributed by atoms with Crippen molar-refractivity contribution in [2.24, 2.45) is 0 Å². The second-order valence-corrected chi connectivity index (χ2v) is 10.5. The van der Waals surface area contributed by atoms with E-state index in [1.807, 2.05) is 0 Å². The molecule has 2 rings (SSSR count). The Balaban J connectivity index is 2.11. The molecule has 154 valence electrons. The van der Waals surface area contributed by atoms with Crippen LogP contribution in [0, 0.1) is 5.82 Å². The molecule has 0 aromatic heterocycles. The fourth-order valence-corrected chi connectivity index (χ4v) is 4.29. The molecule has 2 aromatic rings. The summed E-state index contributed by atoms with van der Waals surface area (Å²) in [6.45, 7) is -0.218. The Hall–Kier alpha value is -1.88. The minimum absolute atomic E-state index is 0.0745. The maximum Gasteiger partial charge on any atom is 0.242 e. The van der Waals surface area contributed by atoms with E-state index in [4.69, 9.17) is 16.3 Å². The summed E-state index contributed by atoms with van der Waals surface area (Å²) in [7, 11) is -4.46. The first-order valence-corrected chi connectivity index (χ1v) is 11.7. The van der Waals surface area contributed by atoms with Crippen molar-refractivity contribution >= 4 is 37.3 Å². The van der Waals surface area contributed by atoms with Gasteiger partial charge in [0.2, 0.25) is 20.0 Å². The Morgan fingerprint density at radius 2 is 1.64 bits per heavy atom. The molecule has 2 aromatic carbocycles. The average Bonchev–Trinajstić information content (AvgIpc) is 2.59. The van der Waals surface area contributed by atoms with Crippen LogP contribution in [-0.4, -0.2) is 54.6 Å². The van der Waals surface area contributed by atoms with Crippen LogP contribution >= 0.6 is 11.6 Å². The van der Waals surface area contributed by atoms with E-state index in [9.17, 15) is 21.2 Å². The molecule has 0 spiro atoms. The summed E-state index contributed by atoms with van der Waals surface area (Å²) in [5.74, 6) is -0.418. The number of ether oxygens (including phenoxy) is 1. The molecule has 0 saturated carbocycles. The molecule has 11 heteroatoms. The third kappa shape index (κ3) is 5.34. The van der Waals surface area contributed by atoms with Gasteiger partial charge in [0.05, 0.1) is 23.4 Å². The fraction of sp³-hybridized carbons (Fsp3) is 0.294. The number of rotatable bonds is 8. The number of sulfonamides is 2. The number of anilines is 1. The van der Waals surface area contributed by atoms with Crippen LogP contribution in [0.5, 0.6) is 5.75 Å². The first kappa shape index (κ1) is 22.4. The largest absolute Gasteiger partial charge is 0.492 e. The molecule has 0 radical (unpaired) electrons. The smallest absolute Gasteiger partial charge is 0.242 e. The summed E-state index contributed by atoms with van der Waals surface area (Å²) in [6.07, 6.45) is 0.960. The first-order valence-electron chi connectivity index (χ1n) is 8.01. The molecule has 0 heterocycles. The van der Waals surface area contributed by atoms with Crippen molar-refractivity contribution in [3.8, 4) is 5.75 Å². The first-order chi connectivity index (χ1) is 12.9. The molecule has 0 N–H and O–H groups in total. The minimum atomic E-state index is -3.76. The number of halogens is 2. The zero-order valence-electron chi connectivity index (χ0n) is 15.5. The Morgan fingerprint density at radius 3 is 2.14 bits per heavy atom. The van der Waals surface area contributed by atoms with Gasteiger partial charge in [0.15, 0.2) is 0 Å². The Bertz CT molecular complexity index is 1040. The lowest BCUT2D eigenvalue weighted by Crippen LogP contribution is -2.34. The van der Waals surface area contributed by atoms with Crippen molar-refractivity contribution in [3.05, 3.63) is 53.3 Å². The monoisotopic (exact) mass is 450 g/mol. The van der Waals surface area contributed by atoms with Crippen LogP contribution in [0.2, 0.25) is 5.02 Å².